The Morgan fingerprint density at radius 2 is 0.863 bits per heavy atom. The molecule has 0 aliphatic rings. The Hall–Kier alpha value is -6.91. The largest absolute Gasteiger partial charge is 0.455 e. The van der Waals surface area contributed by atoms with Gasteiger partial charge in [0.2, 0.25) is 0 Å². The van der Waals surface area contributed by atoms with Crippen molar-refractivity contribution in [2.75, 3.05) is 0 Å². The van der Waals surface area contributed by atoms with Gasteiger partial charge in [-0.15, -0.1) is 0 Å². The number of nitrogens with zero attached hydrogens (tertiary/aromatic N) is 3. The van der Waals surface area contributed by atoms with Gasteiger partial charge in [0.15, 0.2) is 17.5 Å². The van der Waals surface area contributed by atoms with Crippen LogP contribution in [-0.2, 0) is 0 Å². The molecule has 0 aliphatic carbocycles. The van der Waals surface area contributed by atoms with E-state index in [0.29, 0.717) is 17.5 Å². The summed E-state index contributed by atoms with van der Waals surface area (Å²) in [6.45, 7) is 0. The third kappa shape index (κ3) is 5.13. The van der Waals surface area contributed by atoms with Crippen molar-refractivity contribution < 1.29 is 4.42 Å². The molecule has 0 unspecified atom stereocenters. The maximum Gasteiger partial charge on any atom is 0.164 e. The third-order valence-electron chi connectivity index (χ3n) is 9.70. The fourth-order valence-electron chi connectivity index (χ4n) is 7.14. The van der Waals surface area contributed by atoms with Crippen LogP contribution in [-0.4, -0.2) is 15.0 Å². The zero-order valence-corrected chi connectivity index (χ0v) is 27.5. The fraction of sp³-hybridized carbons (Fsp3) is 0. The minimum absolute atomic E-state index is 0.609. The van der Waals surface area contributed by atoms with Crippen LogP contribution in [0.4, 0.5) is 0 Å². The van der Waals surface area contributed by atoms with Crippen LogP contribution in [0.15, 0.2) is 180 Å². The highest BCUT2D eigenvalue weighted by atomic mass is 16.3. The number of hydrogen-bond donors (Lipinski definition) is 0. The van der Waals surface area contributed by atoms with Crippen molar-refractivity contribution in [1.29, 1.82) is 0 Å². The van der Waals surface area contributed by atoms with Crippen LogP contribution in [0.3, 0.4) is 0 Å². The summed E-state index contributed by atoms with van der Waals surface area (Å²) in [7, 11) is 0. The molecule has 0 atom stereocenters. The predicted octanol–water partition coefficient (Wildman–Crippen LogP) is 12.4. The lowest BCUT2D eigenvalue weighted by atomic mass is 9.95. The summed E-state index contributed by atoms with van der Waals surface area (Å²) in [6.07, 6.45) is 0. The maximum absolute atomic E-state index is 6.64. The molecule has 238 valence electrons. The van der Waals surface area contributed by atoms with Crippen LogP contribution in [0.25, 0.3) is 99.9 Å². The normalized spacial score (nSPS) is 11.5. The van der Waals surface area contributed by atoms with Gasteiger partial charge < -0.3 is 4.42 Å². The quantitative estimate of drug-likeness (QED) is 0.186. The summed E-state index contributed by atoms with van der Waals surface area (Å²) < 4.78 is 6.64. The fourth-order valence-corrected chi connectivity index (χ4v) is 7.14. The van der Waals surface area contributed by atoms with E-state index >= 15 is 0 Å². The van der Waals surface area contributed by atoms with Gasteiger partial charge in [0.05, 0.1) is 0 Å². The lowest BCUT2D eigenvalue weighted by Crippen LogP contribution is -2.00. The van der Waals surface area contributed by atoms with Crippen LogP contribution < -0.4 is 0 Å². The first-order valence-electron chi connectivity index (χ1n) is 17.1. The minimum atomic E-state index is 0.609. The predicted molar refractivity (Wildman–Crippen MR) is 209 cm³/mol. The summed E-state index contributed by atoms with van der Waals surface area (Å²) in [5, 5.41) is 6.87. The molecule has 51 heavy (non-hydrogen) atoms. The molecule has 4 nitrogen and oxygen atoms in total. The van der Waals surface area contributed by atoms with Crippen LogP contribution in [0, 0.1) is 0 Å². The molecule has 2 heterocycles. The van der Waals surface area contributed by atoms with Gasteiger partial charge in [0.1, 0.15) is 11.2 Å². The molecule has 0 fully saturated rings. The molecular formula is C47H29N3O. The molecule has 0 N–H and O–H groups in total. The number of benzene rings is 8. The highest BCUT2D eigenvalue weighted by Crippen LogP contribution is 2.42. The smallest absolute Gasteiger partial charge is 0.164 e. The van der Waals surface area contributed by atoms with Gasteiger partial charge in [-0.2, -0.15) is 0 Å². The van der Waals surface area contributed by atoms with Crippen molar-refractivity contribution in [2.24, 2.45) is 0 Å². The van der Waals surface area contributed by atoms with Gasteiger partial charge in [0.25, 0.3) is 0 Å². The van der Waals surface area contributed by atoms with Gasteiger partial charge in [-0.3, -0.25) is 0 Å². The molecular weight excluding hydrogens is 623 g/mol. The summed E-state index contributed by atoms with van der Waals surface area (Å²) in [6, 6.07) is 61.1. The molecule has 10 aromatic rings. The van der Waals surface area contributed by atoms with Crippen molar-refractivity contribution in [3.05, 3.63) is 176 Å². The van der Waals surface area contributed by atoms with Crippen molar-refractivity contribution in [2.45, 2.75) is 0 Å². The molecule has 0 bridgehead atoms. The lowest BCUT2D eigenvalue weighted by Gasteiger charge is -2.10. The van der Waals surface area contributed by atoms with Gasteiger partial charge in [-0.05, 0) is 68.6 Å². The van der Waals surface area contributed by atoms with E-state index in [-0.39, 0.29) is 0 Å². The third-order valence-corrected chi connectivity index (χ3v) is 9.70. The zero-order valence-electron chi connectivity index (χ0n) is 27.5. The van der Waals surface area contributed by atoms with E-state index in [4.69, 9.17) is 19.4 Å². The zero-order chi connectivity index (χ0) is 33.7. The average molecular weight is 652 g/mol. The first kappa shape index (κ1) is 29.0. The van der Waals surface area contributed by atoms with Crippen molar-refractivity contribution in [3.8, 4) is 56.4 Å². The standard InChI is InChI=1S/C47H29N3O/c1-3-12-32(13-4-1)43-39-18-10-9-17-37(39)28-41-40-29-38(25-26-42(40)51-44(41)43)47-49-45(33-14-5-2-6-15-33)48-46(50-47)34-22-19-31(20-23-34)36-24-21-30-11-7-8-16-35(30)27-36/h1-29H. The molecule has 0 saturated heterocycles. The van der Waals surface area contributed by atoms with Crippen molar-refractivity contribution in [1.82, 2.24) is 15.0 Å². The van der Waals surface area contributed by atoms with E-state index in [0.717, 1.165) is 66.1 Å². The van der Waals surface area contributed by atoms with Gasteiger partial charge in [-0.1, -0.05) is 146 Å². The molecule has 0 aliphatic heterocycles. The molecule has 0 saturated carbocycles. The van der Waals surface area contributed by atoms with Crippen LogP contribution in [0.1, 0.15) is 0 Å². The molecule has 10 rings (SSSR count). The summed E-state index contributed by atoms with van der Waals surface area (Å²) >= 11 is 0. The molecule has 0 radical (unpaired) electrons. The highest BCUT2D eigenvalue weighted by Gasteiger charge is 2.18. The van der Waals surface area contributed by atoms with Gasteiger partial charge in [0, 0.05) is 33.0 Å². The monoisotopic (exact) mass is 651 g/mol. The second-order valence-electron chi connectivity index (χ2n) is 12.8. The Morgan fingerprint density at radius 3 is 1.61 bits per heavy atom. The summed E-state index contributed by atoms with van der Waals surface area (Å²) in [5.41, 5.74) is 8.99. The van der Waals surface area contributed by atoms with E-state index in [9.17, 15) is 0 Å². The lowest BCUT2D eigenvalue weighted by molar-refractivity contribution is 0.670. The van der Waals surface area contributed by atoms with Crippen LogP contribution in [0.2, 0.25) is 0 Å². The summed E-state index contributed by atoms with van der Waals surface area (Å²) in [4.78, 5) is 15.1. The SMILES string of the molecule is c1ccc(-c2nc(-c3ccc(-c4ccc5ccccc5c4)cc3)nc(-c3ccc4oc5c(-c6ccccc6)c6ccccc6cc5c4c3)n2)cc1. The van der Waals surface area contributed by atoms with E-state index in [1.54, 1.807) is 0 Å². The Bertz CT molecular complexity index is 2900. The van der Waals surface area contributed by atoms with E-state index in [1.165, 1.54) is 16.3 Å². The first-order valence-corrected chi connectivity index (χ1v) is 17.1. The Labute approximate surface area is 294 Å². The molecule has 8 aromatic carbocycles. The van der Waals surface area contributed by atoms with Gasteiger partial charge in [-0.25, -0.2) is 15.0 Å². The molecule has 4 heteroatoms. The van der Waals surface area contributed by atoms with Crippen molar-refractivity contribution >= 4 is 43.5 Å². The number of hydrogen-bond acceptors (Lipinski definition) is 4. The average Bonchev–Trinajstić information content (AvgIpc) is 3.57. The number of rotatable bonds is 5. The van der Waals surface area contributed by atoms with Gasteiger partial charge >= 0.3 is 0 Å². The Morgan fingerprint density at radius 1 is 0.314 bits per heavy atom. The van der Waals surface area contributed by atoms with Crippen molar-refractivity contribution in [3.63, 3.8) is 0 Å². The number of aromatic nitrogens is 3. The second-order valence-corrected chi connectivity index (χ2v) is 12.8. The Kier molecular flexibility index (Phi) is 6.78. The highest BCUT2D eigenvalue weighted by molar-refractivity contribution is 6.18. The van der Waals surface area contributed by atoms with Crippen LogP contribution in [0.5, 0.6) is 0 Å². The topological polar surface area (TPSA) is 51.8 Å². The summed E-state index contributed by atoms with van der Waals surface area (Å²) in [5.74, 6) is 1.86. The van der Waals surface area contributed by atoms with E-state index in [1.807, 2.05) is 48.5 Å². The molecule has 2 aromatic heterocycles. The minimum Gasteiger partial charge on any atom is -0.455 e. The Balaban J connectivity index is 1.12. The number of furan rings is 1. The molecule has 0 amide bonds. The number of fused-ring (bicyclic) bond motifs is 5. The van der Waals surface area contributed by atoms with E-state index < -0.39 is 0 Å². The second kappa shape index (κ2) is 11.9. The van der Waals surface area contributed by atoms with Crippen LogP contribution >= 0.6 is 0 Å². The maximum atomic E-state index is 6.64. The molecule has 0 spiro atoms. The first-order chi connectivity index (χ1) is 25.2. The van der Waals surface area contributed by atoms with E-state index in [2.05, 4.69) is 127 Å².